The van der Waals surface area contributed by atoms with Crippen LogP contribution >= 0.6 is 0 Å². The van der Waals surface area contributed by atoms with Crippen LogP contribution in [0.25, 0.3) is 0 Å². The van der Waals surface area contributed by atoms with Crippen LogP contribution in [0.5, 0.6) is 0 Å². The van der Waals surface area contributed by atoms with Crippen molar-refractivity contribution in [3.05, 3.63) is 0 Å². The van der Waals surface area contributed by atoms with Gasteiger partial charge in [-0.1, -0.05) is 0 Å². The maximum Gasteiger partial charge on any atom is 0.462 e. The molecule has 0 aliphatic rings. The van der Waals surface area contributed by atoms with Crippen LogP contribution in [-0.2, 0) is 9.47 Å². The van der Waals surface area contributed by atoms with Crippen molar-refractivity contribution in [2.75, 3.05) is 0 Å². The fraction of sp³-hybridized carbons (Fsp3) is 0.900. The number of rotatable bonds is 6. The SMILES string of the molecule is N#CC(OC(F)(F)C(F)(OC(F)(F)C(F)(F)C(F)(F)F)C(F)(F)F)(C(F)(F)F)C(F)(F)F. The van der Waals surface area contributed by atoms with E-state index in [-0.39, 0.29) is 0 Å². The molecule has 0 aromatic rings. The minimum atomic E-state index is -8.25. The summed E-state index contributed by atoms with van der Waals surface area (Å²) in [4.78, 5) is 0. The van der Waals surface area contributed by atoms with Crippen molar-refractivity contribution < 1.29 is 92.9 Å². The molecule has 0 N–H and O–H groups in total. The fourth-order valence-electron chi connectivity index (χ4n) is 1.37. The van der Waals surface area contributed by atoms with Crippen LogP contribution in [-0.4, -0.2) is 54.3 Å². The van der Waals surface area contributed by atoms with E-state index in [0.717, 1.165) is 4.74 Å². The lowest BCUT2D eigenvalue weighted by atomic mass is 10.0. The molecular formula is C10F19NO2. The maximum absolute atomic E-state index is 13.7. The van der Waals surface area contributed by atoms with Crippen molar-refractivity contribution in [2.24, 2.45) is 0 Å². The average molecular weight is 527 g/mol. The van der Waals surface area contributed by atoms with Crippen LogP contribution < -0.4 is 0 Å². The third-order valence-electron chi connectivity index (χ3n) is 2.97. The molecule has 0 spiro atoms. The second kappa shape index (κ2) is 7.56. The first kappa shape index (κ1) is 30.1. The van der Waals surface area contributed by atoms with E-state index in [2.05, 4.69) is 0 Å². The van der Waals surface area contributed by atoms with Crippen molar-refractivity contribution in [3.8, 4) is 6.07 Å². The number of hydrogen-bond donors (Lipinski definition) is 0. The Labute approximate surface area is 160 Å². The van der Waals surface area contributed by atoms with Crippen molar-refractivity contribution >= 4 is 0 Å². The maximum atomic E-state index is 13.7. The summed E-state index contributed by atoms with van der Waals surface area (Å²) in [6.45, 7) is 0. The molecule has 0 amide bonds. The summed E-state index contributed by atoms with van der Waals surface area (Å²) in [6, 6.07) is -1.16. The Hall–Kier alpha value is -1.92. The minimum Gasteiger partial charge on any atom is -0.276 e. The molecule has 32 heavy (non-hydrogen) atoms. The largest absolute Gasteiger partial charge is 0.462 e. The van der Waals surface area contributed by atoms with Crippen molar-refractivity contribution in [1.29, 1.82) is 5.26 Å². The highest BCUT2D eigenvalue weighted by Crippen LogP contribution is 2.57. The molecule has 1 unspecified atom stereocenters. The van der Waals surface area contributed by atoms with E-state index in [9.17, 15) is 83.4 Å². The van der Waals surface area contributed by atoms with Gasteiger partial charge in [-0.3, -0.25) is 9.47 Å². The van der Waals surface area contributed by atoms with Crippen LogP contribution in [0.15, 0.2) is 0 Å². The smallest absolute Gasteiger partial charge is 0.276 e. The summed E-state index contributed by atoms with van der Waals surface area (Å²) in [7, 11) is 0. The highest BCUT2D eigenvalue weighted by atomic mass is 19.4. The van der Waals surface area contributed by atoms with Crippen LogP contribution in [0.3, 0.4) is 0 Å². The zero-order valence-corrected chi connectivity index (χ0v) is 13.4. The molecule has 0 aliphatic heterocycles. The number of halogens is 19. The number of nitrogens with zero attached hydrogens (tertiary/aromatic N) is 1. The normalized spacial score (nSPS) is 17.7. The molecule has 0 aromatic carbocycles. The van der Waals surface area contributed by atoms with Crippen LogP contribution in [0.1, 0.15) is 0 Å². The Morgan fingerprint density at radius 2 is 0.781 bits per heavy atom. The van der Waals surface area contributed by atoms with Gasteiger partial charge in [0.1, 0.15) is 6.07 Å². The van der Waals surface area contributed by atoms with Gasteiger partial charge in [-0.15, -0.1) is 0 Å². The van der Waals surface area contributed by atoms with Gasteiger partial charge in [0.25, 0.3) is 0 Å². The van der Waals surface area contributed by atoms with Crippen molar-refractivity contribution in [2.45, 2.75) is 54.3 Å². The third-order valence-corrected chi connectivity index (χ3v) is 2.97. The zero-order chi connectivity index (χ0) is 26.6. The molecule has 190 valence electrons. The molecular weight excluding hydrogens is 527 g/mol. The number of nitriles is 1. The predicted molar refractivity (Wildman–Crippen MR) is 53.4 cm³/mol. The Bertz CT molecular complexity index is 707. The molecule has 3 nitrogen and oxygen atoms in total. The number of alkyl halides is 19. The van der Waals surface area contributed by atoms with E-state index in [4.69, 9.17) is 5.26 Å². The minimum absolute atomic E-state index is 1.15. The van der Waals surface area contributed by atoms with E-state index < -0.39 is 60.4 Å². The first-order chi connectivity index (χ1) is 13.5. The van der Waals surface area contributed by atoms with Gasteiger partial charge in [0.2, 0.25) is 0 Å². The quantitative estimate of drug-likeness (QED) is 0.398. The van der Waals surface area contributed by atoms with Crippen molar-refractivity contribution in [3.63, 3.8) is 0 Å². The molecule has 1 atom stereocenters. The summed E-state index contributed by atoms with van der Waals surface area (Å²) in [5.41, 5.74) is -7.16. The standard InChI is InChI=1S/C10F19NO2/c11-3(12,7(20,21)22)9(26,27)32-4(13,8(23,24)25)10(28,29)31-2(1-30,5(14,15)16)6(17,18)19. The molecule has 22 heteroatoms. The summed E-state index contributed by atoms with van der Waals surface area (Å²) in [6.07, 6.45) is -47.1. The van der Waals surface area contributed by atoms with Gasteiger partial charge >= 0.3 is 54.3 Å². The van der Waals surface area contributed by atoms with E-state index in [0.29, 0.717) is 0 Å². The lowest BCUT2D eigenvalue weighted by Crippen LogP contribution is -2.69. The summed E-state index contributed by atoms with van der Waals surface area (Å²) < 4.78 is 242. The van der Waals surface area contributed by atoms with Crippen molar-refractivity contribution in [1.82, 2.24) is 0 Å². The molecule has 0 aromatic heterocycles. The molecule has 0 saturated heterocycles. The fourth-order valence-corrected chi connectivity index (χ4v) is 1.37. The summed E-state index contributed by atoms with van der Waals surface area (Å²) >= 11 is 0. The van der Waals surface area contributed by atoms with E-state index in [1.165, 1.54) is 4.74 Å². The Balaban J connectivity index is 6.92. The highest BCUT2D eigenvalue weighted by molar-refractivity contribution is 5.14. The monoisotopic (exact) mass is 527 g/mol. The average Bonchev–Trinajstić information content (AvgIpc) is 2.46. The first-order valence-electron chi connectivity index (χ1n) is 6.38. The number of ether oxygens (including phenoxy) is 2. The van der Waals surface area contributed by atoms with Gasteiger partial charge in [-0.25, -0.2) is 0 Å². The van der Waals surface area contributed by atoms with Gasteiger partial charge in [0.05, 0.1) is 0 Å². The predicted octanol–water partition coefficient (Wildman–Crippen LogP) is 6.02. The van der Waals surface area contributed by atoms with Gasteiger partial charge < -0.3 is 0 Å². The Kier molecular flexibility index (Phi) is 7.10. The molecule has 0 bridgehead atoms. The molecule has 0 rings (SSSR count). The first-order valence-corrected chi connectivity index (χ1v) is 6.38. The second-order valence-electron chi connectivity index (χ2n) is 5.19. The zero-order valence-electron chi connectivity index (χ0n) is 13.4. The summed E-state index contributed by atoms with van der Waals surface area (Å²) in [5, 5.41) is 7.94. The molecule has 0 saturated carbocycles. The number of hydrogen-bond acceptors (Lipinski definition) is 3. The van der Waals surface area contributed by atoms with Gasteiger partial charge in [-0.05, 0) is 0 Å². The molecule has 0 fully saturated rings. The molecule has 0 aliphatic carbocycles. The highest BCUT2D eigenvalue weighted by Gasteiger charge is 2.87. The molecule has 0 radical (unpaired) electrons. The van der Waals surface area contributed by atoms with Gasteiger partial charge in [0, 0.05) is 0 Å². The van der Waals surface area contributed by atoms with E-state index >= 15 is 0 Å². The van der Waals surface area contributed by atoms with Crippen LogP contribution in [0, 0.1) is 11.3 Å². The van der Waals surface area contributed by atoms with E-state index in [1.54, 1.807) is 0 Å². The summed E-state index contributed by atoms with van der Waals surface area (Å²) in [5.74, 6) is -16.2. The third kappa shape index (κ3) is 4.58. The Morgan fingerprint density at radius 3 is 1.00 bits per heavy atom. The van der Waals surface area contributed by atoms with E-state index in [1.807, 2.05) is 0 Å². The van der Waals surface area contributed by atoms with Gasteiger partial charge in [-0.2, -0.15) is 88.7 Å². The lowest BCUT2D eigenvalue weighted by Gasteiger charge is -2.41. The lowest BCUT2D eigenvalue weighted by molar-refractivity contribution is -0.550. The van der Waals surface area contributed by atoms with Gasteiger partial charge in [0.15, 0.2) is 0 Å². The molecule has 0 heterocycles. The van der Waals surface area contributed by atoms with Crippen LogP contribution in [0.2, 0.25) is 0 Å². The Morgan fingerprint density at radius 1 is 0.438 bits per heavy atom. The second-order valence-corrected chi connectivity index (χ2v) is 5.19. The topological polar surface area (TPSA) is 42.2 Å². The van der Waals surface area contributed by atoms with Crippen LogP contribution in [0.4, 0.5) is 83.4 Å².